The van der Waals surface area contributed by atoms with Crippen molar-refractivity contribution in [3.63, 3.8) is 0 Å². The molecule has 2 aliphatic rings. The molecule has 0 spiro atoms. The van der Waals surface area contributed by atoms with Crippen LogP contribution in [0.4, 0.5) is 4.39 Å². The van der Waals surface area contributed by atoms with Crippen molar-refractivity contribution >= 4 is 0 Å². The van der Waals surface area contributed by atoms with Crippen molar-refractivity contribution in [3.8, 4) is 0 Å². The largest absolute Gasteiger partial charge is 0.314 e. The molecule has 0 aliphatic heterocycles. The van der Waals surface area contributed by atoms with Crippen LogP contribution in [-0.4, -0.2) is 12.6 Å². The zero-order valence-electron chi connectivity index (χ0n) is 11.8. The van der Waals surface area contributed by atoms with Gasteiger partial charge in [-0.3, -0.25) is 0 Å². The molecule has 0 radical (unpaired) electrons. The third-order valence-corrected chi connectivity index (χ3v) is 4.65. The van der Waals surface area contributed by atoms with Crippen molar-refractivity contribution in [1.29, 1.82) is 0 Å². The van der Waals surface area contributed by atoms with Gasteiger partial charge in [0.2, 0.25) is 0 Å². The van der Waals surface area contributed by atoms with Gasteiger partial charge in [-0.1, -0.05) is 18.9 Å². The second kappa shape index (κ2) is 5.62. The predicted octanol–water partition coefficient (Wildman–Crippen LogP) is 4.16. The average molecular weight is 261 g/mol. The van der Waals surface area contributed by atoms with Gasteiger partial charge in [-0.25, -0.2) is 4.39 Å². The van der Waals surface area contributed by atoms with Gasteiger partial charge >= 0.3 is 0 Å². The van der Waals surface area contributed by atoms with E-state index in [-0.39, 0.29) is 5.82 Å². The summed E-state index contributed by atoms with van der Waals surface area (Å²) >= 11 is 0. The van der Waals surface area contributed by atoms with Crippen molar-refractivity contribution in [1.82, 2.24) is 5.32 Å². The van der Waals surface area contributed by atoms with Crippen LogP contribution in [0, 0.1) is 18.7 Å². The molecule has 0 aromatic heterocycles. The summed E-state index contributed by atoms with van der Waals surface area (Å²) in [5.74, 6) is 1.17. The first-order chi connectivity index (χ1) is 9.22. The third-order valence-electron chi connectivity index (χ3n) is 4.65. The number of halogens is 1. The highest BCUT2D eigenvalue weighted by atomic mass is 19.1. The fourth-order valence-corrected chi connectivity index (χ4v) is 3.48. The van der Waals surface area contributed by atoms with Crippen LogP contribution in [-0.2, 0) is 0 Å². The van der Waals surface area contributed by atoms with Crippen molar-refractivity contribution in [2.75, 3.05) is 6.54 Å². The second-order valence-corrected chi connectivity index (χ2v) is 6.40. The fraction of sp³-hybridized carbons (Fsp3) is 0.647. The van der Waals surface area contributed by atoms with E-state index in [4.69, 9.17) is 0 Å². The molecule has 1 aromatic rings. The highest BCUT2D eigenvalue weighted by Gasteiger charge is 2.29. The molecule has 2 heteroatoms. The topological polar surface area (TPSA) is 12.0 Å². The van der Waals surface area contributed by atoms with E-state index in [0.29, 0.717) is 11.8 Å². The fourth-order valence-electron chi connectivity index (χ4n) is 3.48. The van der Waals surface area contributed by atoms with Crippen LogP contribution >= 0.6 is 0 Å². The molecule has 2 fully saturated rings. The average Bonchev–Trinajstić information content (AvgIpc) is 3.19. The van der Waals surface area contributed by atoms with Crippen molar-refractivity contribution in [3.05, 3.63) is 35.1 Å². The molecule has 1 N–H and O–H groups in total. The normalized spacial score (nSPS) is 27.5. The Labute approximate surface area is 115 Å². The lowest BCUT2D eigenvalue weighted by molar-refractivity contribution is 0.294. The summed E-state index contributed by atoms with van der Waals surface area (Å²) in [6, 6.07) is 6.34. The number of aryl methyl sites for hydroxylation is 1. The summed E-state index contributed by atoms with van der Waals surface area (Å²) in [4.78, 5) is 0. The lowest BCUT2D eigenvalue weighted by Crippen LogP contribution is -2.30. The van der Waals surface area contributed by atoms with Gasteiger partial charge in [-0.2, -0.15) is 0 Å². The molecule has 2 atom stereocenters. The Kier molecular flexibility index (Phi) is 3.88. The standard InChI is InChI=1S/C17H24FN/c1-12-8-14(10-15(18)9-12)17-5-3-2-4-13(17)11-19-16-6-7-16/h8-10,13,16-17,19H,2-7,11H2,1H3. The first-order valence-electron chi connectivity index (χ1n) is 7.73. The Hall–Kier alpha value is -0.890. The summed E-state index contributed by atoms with van der Waals surface area (Å²) in [6.07, 6.45) is 7.83. The smallest absolute Gasteiger partial charge is 0.123 e. The first kappa shape index (κ1) is 13.1. The van der Waals surface area contributed by atoms with E-state index in [1.54, 1.807) is 12.1 Å². The molecule has 104 valence electrons. The number of nitrogens with one attached hydrogen (secondary N) is 1. The molecule has 2 saturated carbocycles. The van der Waals surface area contributed by atoms with Gasteiger partial charge in [0, 0.05) is 6.04 Å². The van der Waals surface area contributed by atoms with Crippen LogP contribution in [0.3, 0.4) is 0 Å². The summed E-state index contributed by atoms with van der Waals surface area (Å²) in [7, 11) is 0. The highest BCUT2D eigenvalue weighted by molar-refractivity contribution is 5.27. The van der Waals surface area contributed by atoms with E-state index in [2.05, 4.69) is 11.4 Å². The molecule has 19 heavy (non-hydrogen) atoms. The molecule has 0 saturated heterocycles. The van der Waals surface area contributed by atoms with Crippen molar-refractivity contribution in [2.45, 2.75) is 57.4 Å². The molecule has 2 unspecified atom stereocenters. The van der Waals surface area contributed by atoms with Crippen LogP contribution in [0.1, 0.15) is 55.6 Å². The maximum atomic E-state index is 13.6. The van der Waals surface area contributed by atoms with Crippen molar-refractivity contribution in [2.24, 2.45) is 5.92 Å². The molecule has 0 heterocycles. The number of hydrogen-bond acceptors (Lipinski definition) is 1. The molecule has 1 aromatic carbocycles. The highest BCUT2D eigenvalue weighted by Crippen LogP contribution is 2.38. The Morgan fingerprint density at radius 1 is 1.11 bits per heavy atom. The molecular weight excluding hydrogens is 237 g/mol. The van der Waals surface area contributed by atoms with Crippen LogP contribution in [0.15, 0.2) is 18.2 Å². The van der Waals surface area contributed by atoms with Gasteiger partial charge in [0.25, 0.3) is 0 Å². The van der Waals surface area contributed by atoms with Gasteiger partial charge in [0.15, 0.2) is 0 Å². The minimum atomic E-state index is -0.0746. The Bertz CT molecular complexity index is 419. The first-order valence-corrected chi connectivity index (χ1v) is 7.73. The molecule has 3 rings (SSSR count). The van der Waals surface area contributed by atoms with E-state index in [9.17, 15) is 4.39 Å². The summed E-state index contributed by atoms with van der Waals surface area (Å²) in [6.45, 7) is 3.11. The summed E-state index contributed by atoms with van der Waals surface area (Å²) in [5, 5.41) is 3.66. The minimum Gasteiger partial charge on any atom is -0.314 e. The van der Waals surface area contributed by atoms with Crippen LogP contribution in [0.5, 0.6) is 0 Å². The number of hydrogen-bond donors (Lipinski definition) is 1. The van der Waals surface area contributed by atoms with Crippen molar-refractivity contribution < 1.29 is 4.39 Å². The van der Waals surface area contributed by atoms with Crippen LogP contribution in [0.2, 0.25) is 0 Å². The molecule has 0 amide bonds. The van der Waals surface area contributed by atoms with Gasteiger partial charge in [-0.05, 0) is 74.2 Å². The minimum absolute atomic E-state index is 0.0746. The monoisotopic (exact) mass is 261 g/mol. The van der Waals surface area contributed by atoms with Gasteiger partial charge in [-0.15, -0.1) is 0 Å². The van der Waals surface area contributed by atoms with Crippen LogP contribution in [0.25, 0.3) is 0 Å². The maximum Gasteiger partial charge on any atom is 0.123 e. The Morgan fingerprint density at radius 2 is 1.89 bits per heavy atom. The maximum absolute atomic E-state index is 13.6. The van der Waals surface area contributed by atoms with E-state index >= 15 is 0 Å². The lowest BCUT2D eigenvalue weighted by atomic mass is 9.75. The SMILES string of the molecule is Cc1cc(F)cc(C2CCCCC2CNC2CC2)c1. The zero-order valence-corrected chi connectivity index (χ0v) is 11.8. The Balaban J connectivity index is 1.73. The molecular formula is C17H24FN. The lowest BCUT2D eigenvalue weighted by Gasteiger charge is -2.32. The van der Waals surface area contributed by atoms with Crippen LogP contribution < -0.4 is 5.32 Å². The quantitative estimate of drug-likeness (QED) is 0.858. The zero-order chi connectivity index (χ0) is 13.2. The Morgan fingerprint density at radius 3 is 2.63 bits per heavy atom. The summed E-state index contributed by atoms with van der Waals surface area (Å²) < 4.78 is 13.6. The van der Waals surface area contributed by atoms with E-state index in [1.807, 2.05) is 6.92 Å². The number of benzene rings is 1. The van der Waals surface area contributed by atoms with Gasteiger partial charge < -0.3 is 5.32 Å². The van der Waals surface area contributed by atoms with Gasteiger partial charge in [0.1, 0.15) is 5.82 Å². The summed E-state index contributed by atoms with van der Waals surface area (Å²) in [5.41, 5.74) is 2.27. The van der Waals surface area contributed by atoms with E-state index in [0.717, 1.165) is 18.2 Å². The predicted molar refractivity (Wildman–Crippen MR) is 76.9 cm³/mol. The second-order valence-electron chi connectivity index (χ2n) is 6.40. The molecule has 0 bridgehead atoms. The van der Waals surface area contributed by atoms with Gasteiger partial charge in [0.05, 0.1) is 0 Å². The van der Waals surface area contributed by atoms with E-state index in [1.165, 1.54) is 44.1 Å². The molecule has 2 aliphatic carbocycles. The third kappa shape index (κ3) is 3.36. The van der Waals surface area contributed by atoms with E-state index < -0.39 is 0 Å². The number of rotatable bonds is 4. The molecule has 1 nitrogen and oxygen atoms in total.